The number of aryl methyl sites for hydroxylation is 1. The molecule has 0 radical (unpaired) electrons. The van der Waals surface area contributed by atoms with Gasteiger partial charge in [-0.25, -0.2) is 9.78 Å². The summed E-state index contributed by atoms with van der Waals surface area (Å²) in [5.74, 6) is -1.10. The Morgan fingerprint density at radius 1 is 1.57 bits per heavy atom. The van der Waals surface area contributed by atoms with Gasteiger partial charge in [0, 0.05) is 4.88 Å². The number of Topliss-reactive ketones (excluding diaryl/α,β-unsaturated/α-hetero) is 1. The number of fused-ring (bicyclic) bond motifs is 1. The van der Waals surface area contributed by atoms with Crippen LogP contribution < -0.4 is 0 Å². The first-order chi connectivity index (χ1) is 6.59. The van der Waals surface area contributed by atoms with Gasteiger partial charge in [0.05, 0.1) is 11.6 Å². The van der Waals surface area contributed by atoms with Gasteiger partial charge in [0.1, 0.15) is 5.78 Å². The molecular weight excluding hydrogens is 202 g/mol. The number of carbonyl (C=O) groups is 2. The van der Waals surface area contributed by atoms with Crippen molar-refractivity contribution in [1.82, 2.24) is 4.98 Å². The molecule has 0 aliphatic heterocycles. The van der Waals surface area contributed by atoms with Gasteiger partial charge < -0.3 is 5.11 Å². The van der Waals surface area contributed by atoms with E-state index in [-0.39, 0.29) is 16.7 Å². The molecule has 1 aromatic heterocycles. The van der Waals surface area contributed by atoms with E-state index >= 15 is 0 Å². The zero-order chi connectivity index (χ0) is 10.3. The third-order valence-electron chi connectivity index (χ3n) is 2.39. The van der Waals surface area contributed by atoms with Crippen molar-refractivity contribution >= 4 is 23.1 Å². The van der Waals surface area contributed by atoms with Crippen LogP contribution in [-0.4, -0.2) is 21.8 Å². The molecule has 14 heavy (non-hydrogen) atoms. The zero-order valence-corrected chi connectivity index (χ0v) is 8.43. The number of nitrogens with zero attached hydrogens (tertiary/aromatic N) is 1. The van der Waals surface area contributed by atoms with Crippen molar-refractivity contribution in [2.45, 2.75) is 25.7 Å². The Bertz CT molecular complexity index is 410. The number of carbonyl (C=O) groups excluding carboxylic acids is 1. The number of aromatic nitrogens is 1. The standard InChI is InChI=1S/C9H9NO3S/c1-4(11)5-2-3-6-7(5)10-8(14-6)9(12)13/h5H,2-3H2,1H3,(H,12,13). The highest BCUT2D eigenvalue weighted by Gasteiger charge is 2.31. The van der Waals surface area contributed by atoms with E-state index in [0.717, 1.165) is 17.7 Å². The molecule has 1 aliphatic carbocycles. The largest absolute Gasteiger partial charge is 0.476 e. The van der Waals surface area contributed by atoms with Crippen molar-refractivity contribution in [3.8, 4) is 0 Å². The van der Waals surface area contributed by atoms with E-state index in [1.165, 1.54) is 18.3 Å². The monoisotopic (exact) mass is 211 g/mol. The van der Waals surface area contributed by atoms with Gasteiger partial charge in [-0.05, 0) is 19.8 Å². The fourth-order valence-corrected chi connectivity index (χ4v) is 2.69. The van der Waals surface area contributed by atoms with Crippen molar-refractivity contribution in [3.05, 3.63) is 15.6 Å². The molecule has 1 aliphatic rings. The SMILES string of the molecule is CC(=O)C1CCc2sc(C(=O)O)nc21. The van der Waals surface area contributed by atoms with Crippen molar-refractivity contribution in [2.24, 2.45) is 0 Å². The molecule has 0 spiro atoms. The van der Waals surface area contributed by atoms with Crippen LogP contribution in [0.15, 0.2) is 0 Å². The normalized spacial score (nSPS) is 19.4. The molecular formula is C9H9NO3S. The summed E-state index contributed by atoms with van der Waals surface area (Å²) < 4.78 is 0. The van der Waals surface area contributed by atoms with Crippen LogP contribution in [0.5, 0.6) is 0 Å². The third-order valence-corrected chi connectivity index (χ3v) is 3.51. The van der Waals surface area contributed by atoms with Crippen LogP contribution in [0.4, 0.5) is 0 Å². The minimum Gasteiger partial charge on any atom is -0.476 e. The number of hydrogen-bond acceptors (Lipinski definition) is 4. The molecule has 0 aromatic carbocycles. The molecule has 4 nitrogen and oxygen atoms in total. The lowest BCUT2D eigenvalue weighted by Crippen LogP contribution is -2.06. The van der Waals surface area contributed by atoms with Gasteiger partial charge in [-0.2, -0.15) is 0 Å². The molecule has 0 amide bonds. The average molecular weight is 211 g/mol. The van der Waals surface area contributed by atoms with E-state index in [0.29, 0.717) is 5.69 Å². The summed E-state index contributed by atoms with van der Waals surface area (Å²) in [6, 6.07) is 0. The van der Waals surface area contributed by atoms with E-state index in [9.17, 15) is 9.59 Å². The van der Waals surface area contributed by atoms with Crippen LogP contribution in [0.25, 0.3) is 0 Å². The Kier molecular flexibility index (Phi) is 2.11. The predicted octanol–water partition coefficient (Wildman–Crippen LogP) is 1.46. The lowest BCUT2D eigenvalue weighted by molar-refractivity contribution is -0.118. The summed E-state index contributed by atoms with van der Waals surface area (Å²) in [5.41, 5.74) is 0.694. The smallest absolute Gasteiger partial charge is 0.365 e. The molecule has 2 rings (SSSR count). The van der Waals surface area contributed by atoms with Gasteiger partial charge in [0.15, 0.2) is 0 Å². The molecule has 1 heterocycles. The molecule has 0 saturated heterocycles. The van der Waals surface area contributed by atoms with E-state index in [1.54, 1.807) is 0 Å². The van der Waals surface area contributed by atoms with Crippen LogP contribution >= 0.6 is 11.3 Å². The Morgan fingerprint density at radius 2 is 2.29 bits per heavy atom. The van der Waals surface area contributed by atoms with Gasteiger partial charge in [-0.15, -0.1) is 11.3 Å². The minimum atomic E-state index is -1.01. The minimum absolute atomic E-state index is 0.0750. The Morgan fingerprint density at radius 3 is 2.86 bits per heavy atom. The van der Waals surface area contributed by atoms with Gasteiger partial charge in [-0.1, -0.05) is 0 Å². The van der Waals surface area contributed by atoms with Crippen LogP contribution in [0.1, 0.15) is 39.6 Å². The van der Waals surface area contributed by atoms with Crippen LogP contribution in [0.3, 0.4) is 0 Å². The summed E-state index contributed by atoms with van der Waals surface area (Å²) in [5, 5.41) is 8.83. The fourth-order valence-electron chi connectivity index (χ4n) is 1.71. The van der Waals surface area contributed by atoms with E-state index in [2.05, 4.69) is 4.98 Å². The Balaban J connectivity index is 2.40. The van der Waals surface area contributed by atoms with Crippen LogP contribution in [-0.2, 0) is 11.2 Å². The highest BCUT2D eigenvalue weighted by Crippen LogP contribution is 2.36. The van der Waals surface area contributed by atoms with E-state index in [4.69, 9.17) is 5.11 Å². The van der Waals surface area contributed by atoms with Gasteiger partial charge in [-0.3, -0.25) is 4.79 Å². The molecule has 0 bridgehead atoms. The maximum Gasteiger partial charge on any atom is 0.365 e. The van der Waals surface area contributed by atoms with Gasteiger partial charge in [0.25, 0.3) is 0 Å². The van der Waals surface area contributed by atoms with Crippen molar-refractivity contribution < 1.29 is 14.7 Å². The molecule has 1 N–H and O–H groups in total. The topological polar surface area (TPSA) is 67.3 Å². The van der Waals surface area contributed by atoms with Crippen molar-refractivity contribution in [2.75, 3.05) is 0 Å². The summed E-state index contributed by atoms with van der Waals surface area (Å²) in [4.78, 5) is 26.8. The first-order valence-corrected chi connectivity index (χ1v) is 5.14. The molecule has 1 aromatic rings. The fraction of sp³-hybridized carbons (Fsp3) is 0.444. The Labute approximate surface area is 84.6 Å². The number of aromatic carboxylic acids is 1. The lowest BCUT2D eigenvalue weighted by atomic mass is 10.0. The average Bonchev–Trinajstić information content (AvgIpc) is 2.58. The van der Waals surface area contributed by atoms with Crippen molar-refractivity contribution in [1.29, 1.82) is 0 Å². The number of carboxylic acid groups (broad SMARTS) is 1. The molecule has 1 unspecified atom stereocenters. The molecule has 74 valence electrons. The first-order valence-electron chi connectivity index (χ1n) is 4.33. The number of carboxylic acids is 1. The maximum absolute atomic E-state index is 11.2. The first kappa shape index (κ1) is 9.33. The molecule has 0 saturated carbocycles. The van der Waals surface area contributed by atoms with Crippen molar-refractivity contribution in [3.63, 3.8) is 0 Å². The third kappa shape index (κ3) is 1.33. The zero-order valence-electron chi connectivity index (χ0n) is 7.61. The van der Waals surface area contributed by atoms with E-state index < -0.39 is 5.97 Å². The Hall–Kier alpha value is -1.23. The van der Waals surface area contributed by atoms with E-state index in [1.807, 2.05) is 0 Å². The molecule has 5 heteroatoms. The molecule has 1 atom stereocenters. The highest BCUT2D eigenvalue weighted by molar-refractivity contribution is 7.13. The van der Waals surface area contributed by atoms with Crippen LogP contribution in [0, 0.1) is 0 Å². The second-order valence-corrected chi connectivity index (χ2v) is 4.42. The maximum atomic E-state index is 11.2. The number of thiazole rings is 1. The predicted molar refractivity (Wildman–Crippen MR) is 50.8 cm³/mol. The molecule has 0 fully saturated rings. The van der Waals surface area contributed by atoms with Gasteiger partial charge in [0.2, 0.25) is 5.01 Å². The highest BCUT2D eigenvalue weighted by atomic mass is 32.1. The summed E-state index contributed by atoms with van der Waals surface area (Å²) in [6.07, 6.45) is 1.56. The van der Waals surface area contributed by atoms with Crippen LogP contribution in [0.2, 0.25) is 0 Å². The second kappa shape index (κ2) is 3.16. The second-order valence-electron chi connectivity index (χ2n) is 3.33. The summed E-state index contributed by atoms with van der Waals surface area (Å²) >= 11 is 1.19. The number of hydrogen-bond donors (Lipinski definition) is 1. The summed E-state index contributed by atoms with van der Waals surface area (Å²) in [6.45, 7) is 1.53. The quantitative estimate of drug-likeness (QED) is 0.804. The number of rotatable bonds is 2. The lowest BCUT2D eigenvalue weighted by Gasteiger charge is -2.01. The number of ketones is 1. The van der Waals surface area contributed by atoms with Gasteiger partial charge >= 0.3 is 5.97 Å². The summed E-state index contributed by atoms with van der Waals surface area (Å²) in [7, 11) is 0.